The molecule has 0 radical (unpaired) electrons. The third kappa shape index (κ3) is 2.99. The molecule has 0 saturated carbocycles. The van der Waals surface area contributed by atoms with Crippen molar-refractivity contribution in [1.82, 2.24) is 0 Å². The zero-order chi connectivity index (χ0) is 14.2. The van der Waals surface area contributed by atoms with Crippen molar-refractivity contribution in [2.45, 2.75) is 52.6 Å². The average Bonchev–Trinajstić information content (AvgIpc) is 2.65. The van der Waals surface area contributed by atoms with Gasteiger partial charge < -0.3 is 4.74 Å². The van der Waals surface area contributed by atoms with Crippen molar-refractivity contribution in [3.63, 3.8) is 0 Å². The summed E-state index contributed by atoms with van der Waals surface area (Å²) in [4.78, 5) is 12.5. The van der Waals surface area contributed by atoms with Gasteiger partial charge in [0.25, 0.3) is 0 Å². The molecule has 0 spiro atoms. The summed E-state index contributed by atoms with van der Waals surface area (Å²) >= 11 is 0. The smallest absolute Gasteiger partial charge is 0.314 e. The van der Waals surface area contributed by atoms with Gasteiger partial charge in [-0.15, -0.1) is 0 Å². The third-order valence-corrected chi connectivity index (χ3v) is 3.79. The third-order valence-electron chi connectivity index (χ3n) is 3.79. The highest BCUT2D eigenvalue weighted by Gasteiger charge is 2.40. The molecule has 104 valence electrons. The second-order valence-electron chi connectivity index (χ2n) is 6.82. The Labute approximate surface area is 116 Å². The van der Waals surface area contributed by atoms with Gasteiger partial charge >= 0.3 is 5.97 Å². The van der Waals surface area contributed by atoms with E-state index in [0.717, 1.165) is 12.0 Å². The van der Waals surface area contributed by atoms with E-state index in [0.29, 0.717) is 11.8 Å². The predicted octanol–water partition coefficient (Wildman–Crippen LogP) is 3.94. The molecule has 0 aromatic heterocycles. The normalized spacial score (nSPS) is 22.4. The van der Waals surface area contributed by atoms with E-state index in [9.17, 15) is 4.79 Å². The highest BCUT2D eigenvalue weighted by Crippen LogP contribution is 2.42. The molecule has 1 aromatic rings. The van der Waals surface area contributed by atoms with Gasteiger partial charge in [0.15, 0.2) is 0 Å². The van der Waals surface area contributed by atoms with Crippen LogP contribution in [0.25, 0.3) is 0 Å². The first kappa shape index (κ1) is 14.1. The van der Waals surface area contributed by atoms with E-state index in [-0.39, 0.29) is 11.9 Å². The van der Waals surface area contributed by atoms with Crippen LogP contribution in [0.5, 0.6) is 0 Å². The zero-order valence-electron chi connectivity index (χ0n) is 12.6. The Bertz CT molecular complexity index is 468. The van der Waals surface area contributed by atoms with Gasteiger partial charge in [-0.05, 0) is 50.2 Å². The first-order chi connectivity index (χ1) is 8.79. The molecule has 0 fully saturated rings. The summed E-state index contributed by atoms with van der Waals surface area (Å²) in [6.45, 7) is 10.2. The first-order valence-corrected chi connectivity index (χ1v) is 7.10. The zero-order valence-corrected chi connectivity index (χ0v) is 12.6. The van der Waals surface area contributed by atoms with Crippen molar-refractivity contribution in [2.24, 2.45) is 11.8 Å². The molecule has 2 rings (SSSR count). The van der Waals surface area contributed by atoms with Crippen LogP contribution in [0.15, 0.2) is 24.3 Å². The van der Waals surface area contributed by atoms with Crippen LogP contribution in [0, 0.1) is 11.8 Å². The largest absolute Gasteiger partial charge is 0.459 e. The van der Waals surface area contributed by atoms with Crippen molar-refractivity contribution in [2.75, 3.05) is 0 Å². The lowest BCUT2D eigenvalue weighted by molar-refractivity contribution is -0.158. The lowest BCUT2D eigenvalue weighted by Crippen LogP contribution is -2.31. The number of rotatable bonds is 2. The standard InChI is InChI=1S/C17H24O2/c1-11(2)14-10-12-8-6-7-9-13(12)15(14)16(18)19-17(3,4)5/h6-9,11,14-15H,10H2,1-5H3. The molecule has 2 heteroatoms. The summed E-state index contributed by atoms with van der Waals surface area (Å²) < 4.78 is 5.62. The molecule has 2 unspecified atom stereocenters. The molecule has 0 heterocycles. The second kappa shape index (κ2) is 4.99. The molecule has 19 heavy (non-hydrogen) atoms. The Balaban J connectivity index is 2.31. The fourth-order valence-electron chi connectivity index (χ4n) is 2.91. The summed E-state index contributed by atoms with van der Waals surface area (Å²) in [6, 6.07) is 8.27. The maximum absolute atomic E-state index is 12.5. The fourth-order valence-corrected chi connectivity index (χ4v) is 2.91. The van der Waals surface area contributed by atoms with Crippen LogP contribution in [0.4, 0.5) is 0 Å². The Morgan fingerprint density at radius 1 is 1.26 bits per heavy atom. The van der Waals surface area contributed by atoms with E-state index in [2.05, 4.69) is 26.0 Å². The number of hydrogen-bond acceptors (Lipinski definition) is 2. The SMILES string of the molecule is CC(C)C1Cc2ccccc2C1C(=O)OC(C)(C)C. The van der Waals surface area contributed by atoms with E-state index in [1.54, 1.807) is 0 Å². The van der Waals surface area contributed by atoms with Crippen molar-refractivity contribution in [3.8, 4) is 0 Å². The van der Waals surface area contributed by atoms with Gasteiger partial charge in [-0.2, -0.15) is 0 Å². The Hall–Kier alpha value is -1.31. The van der Waals surface area contributed by atoms with Crippen molar-refractivity contribution in [1.29, 1.82) is 0 Å². The van der Waals surface area contributed by atoms with Crippen LogP contribution < -0.4 is 0 Å². The number of ether oxygens (including phenoxy) is 1. The average molecular weight is 260 g/mol. The van der Waals surface area contributed by atoms with Gasteiger partial charge in [-0.1, -0.05) is 38.1 Å². The van der Waals surface area contributed by atoms with Gasteiger partial charge in [0.1, 0.15) is 5.60 Å². The number of carbonyl (C=O) groups is 1. The monoisotopic (exact) mass is 260 g/mol. The molecule has 0 aliphatic heterocycles. The number of fused-ring (bicyclic) bond motifs is 1. The van der Waals surface area contributed by atoms with Crippen LogP contribution in [-0.4, -0.2) is 11.6 Å². The van der Waals surface area contributed by atoms with E-state index in [1.165, 1.54) is 5.56 Å². The molecule has 0 amide bonds. The van der Waals surface area contributed by atoms with E-state index < -0.39 is 5.60 Å². The van der Waals surface area contributed by atoms with E-state index in [1.807, 2.05) is 32.9 Å². The van der Waals surface area contributed by atoms with Crippen molar-refractivity contribution in [3.05, 3.63) is 35.4 Å². The molecule has 1 aliphatic rings. The lowest BCUT2D eigenvalue weighted by atomic mass is 9.84. The Kier molecular flexibility index (Phi) is 3.71. The topological polar surface area (TPSA) is 26.3 Å². The fraction of sp³-hybridized carbons (Fsp3) is 0.588. The van der Waals surface area contributed by atoms with Crippen LogP contribution in [0.1, 0.15) is 51.7 Å². The molecule has 0 N–H and O–H groups in total. The highest BCUT2D eigenvalue weighted by atomic mass is 16.6. The van der Waals surface area contributed by atoms with Gasteiger partial charge in [0.05, 0.1) is 5.92 Å². The maximum Gasteiger partial charge on any atom is 0.314 e. The summed E-state index contributed by atoms with van der Waals surface area (Å²) in [6.07, 6.45) is 0.984. The number of hydrogen-bond donors (Lipinski definition) is 0. The molecule has 0 saturated heterocycles. The van der Waals surface area contributed by atoms with Crippen LogP contribution in [0.3, 0.4) is 0 Å². The lowest BCUT2D eigenvalue weighted by Gasteiger charge is -2.27. The van der Waals surface area contributed by atoms with Crippen LogP contribution >= 0.6 is 0 Å². The van der Waals surface area contributed by atoms with Crippen molar-refractivity contribution >= 4 is 5.97 Å². The number of carbonyl (C=O) groups excluding carboxylic acids is 1. The van der Waals surface area contributed by atoms with Gasteiger partial charge in [-0.3, -0.25) is 4.79 Å². The molecular formula is C17H24O2. The summed E-state index contributed by atoms with van der Waals surface area (Å²) in [5.41, 5.74) is 2.04. The quantitative estimate of drug-likeness (QED) is 0.753. The molecule has 1 aliphatic carbocycles. The van der Waals surface area contributed by atoms with Crippen LogP contribution in [0.2, 0.25) is 0 Å². The van der Waals surface area contributed by atoms with Gasteiger partial charge in [0, 0.05) is 0 Å². The minimum absolute atomic E-state index is 0.0730. The molecule has 2 atom stereocenters. The molecule has 1 aromatic carbocycles. The van der Waals surface area contributed by atoms with Gasteiger partial charge in [0.2, 0.25) is 0 Å². The summed E-state index contributed by atoms with van der Waals surface area (Å²) in [5.74, 6) is 0.656. The van der Waals surface area contributed by atoms with E-state index >= 15 is 0 Å². The number of esters is 1. The summed E-state index contributed by atoms with van der Waals surface area (Å²) in [5, 5.41) is 0. The minimum atomic E-state index is -0.420. The maximum atomic E-state index is 12.5. The van der Waals surface area contributed by atoms with Gasteiger partial charge in [-0.25, -0.2) is 0 Å². The second-order valence-corrected chi connectivity index (χ2v) is 6.82. The molecule has 0 bridgehead atoms. The highest BCUT2D eigenvalue weighted by molar-refractivity contribution is 5.80. The first-order valence-electron chi connectivity index (χ1n) is 7.10. The van der Waals surface area contributed by atoms with E-state index in [4.69, 9.17) is 4.74 Å². The Morgan fingerprint density at radius 3 is 2.47 bits per heavy atom. The molecule has 2 nitrogen and oxygen atoms in total. The predicted molar refractivity (Wildman–Crippen MR) is 77.1 cm³/mol. The number of benzene rings is 1. The summed E-state index contributed by atoms with van der Waals surface area (Å²) in [7, 11) is 0. The Morgan fingerprint density at radius 2 is 1.89 bits per heavy atom. The van der Waals surface area contributed by atoms with Crippen LogP contribution in [-0.2, 0) is 16.0 Å². The van der Waals surface area contributed by atoms with Crippen molar-refractivity contribution < 1.29 is 9.53 Å². The molecular weight excluding hydrogens is 236 g/mol. The minimum Gasteiger partial charge on any atom is -0.459 e.